The molecular weight excluding hydrogens is 236 g/mol. The lowest BCUT2D eigenvalue weighted by atomic mass is 10.1. The number of pyridine rings is 1. The molecule has 1 amide bonds. The van der Waals surface area contributed by atoms with Crippen molar-refractivity contribution in [2.75, 3.05) is 6.54 Å². The smallest absolute Gasteiger partial charge is 0.226 e. The molecule has 1 heterocycles. The Balaban J connectivity index is 2.09. The van der Waals surface area contributed by atoms with Crippen molar-refractivity contribution < 1.29 is 4.79 Å². The van der Waals surface area contributed by atoms with E-state index in [2.05, 4.69) is 37.1 Å². The van der Waals surface area contributed by atoms with Gasteiger partial charge in [0.2, 0.25) is 5.91 Å². The molecule has 1 aromatic carbocycles. The van der Waals surface area contributed by atoms with E-state index in [1.807, 2.05) is 24.3 Å². The lowest BCUT2D eigenvalue weighted by Crippen LogP contribution is -2.28. The van der Waals surface area contributed by atoms with Crippen LogP contribution in [0.1, 0.15) is 25.1 Å². The summed E-state index contributed by atoms with van der Waals surface area (Å²) in [7, 11) is 0. The standard InChI is InChI=1S/C16H20N2O/c1-11(2)10-17-16(19)9-14-6-5-13-8-12(3)4-7-15(13)18-14/h4-8,11H,9-10H2,1-3H3,(H,17,19). The number of aromatic nitrogens is 1. The molecule has 0 saturated heterocycles. The summed E-state index contributed by atoms with van der Waals surface area (Å²) >= 11 is 0. The maximum atomic E-state index is 11.8. The Hall–Kier alpha value is -1.90. The van der Waals surface area contributed by atoms with Crippen LogP contribution in [0.25, 0.3) is 10.9 Å². The highest BCUT2D eigenvalue weighted by Gasteiger charge is 2.06. The van der Waals surface area contributed by atoms with E-state index in [1.54, 1.807) is 0 Å². The van der Waals surface area contributed by atoms with Crippen LogP contribution in [0.4, 0.5) is 0 Å². The van der Waals surface area contributed by atoms with Crippen molar-refractivity contribution in [3.63, 3.8) is 0 Å². The van der Waals surface area contributed by atoms with Crippen LogP contribution in [-0.4, -0.2) is 17.4 Å². The van der Waals surface area contributed by atoms with Gasteiger partial charge in [-0.2, -0.15) is 0 Å². The molecule has 3 nitrogen and oxygen atoms in total. The SMILES string of the molecule is Cc1ccc2nc(CC(=O)NCC(C)C)ccc2c1. The Labute approximate surface area is 114 Å². The molecule has 0 spiro atoms. The maximum Gasteiger partial charge on any atom is 0.226 e. The van der Waals surface area contributed by atoms with Crippen LogP contribution in [0.2, 0.25) is 0 Å². The molecule has 1 N–H and O–H groups in total. The Bertz CT molecular complexity index is 590. The first-order chi connectivity index (χ1) is 9.04. The highest BCUT2D eigenvalue weighted by Crippen LogP contribution is 2.14. The fraction of sp³-hybridized carbons (Fsp3) is 0.375. The highest BCUT2D eigenvalue weighted by molar-refractivity contribution is 5.82. The van der Waals surface area contributed by atoms with Gasteiger partial charge in [-0.25, -0.2) is 0 Å². The molecule has 1 aromatic heterocycles. The van der Waals surface area contributed by atoms with Crippen LogP contribution in [0.15, 0.2) is 30.3 Å². The van der Waals surface area contributed by atoms with Gasteiger partial charge in [0, 0.05) is 11.9 Å². The van der Waals surface area contributed by atoms with Crippen molar-refractivity contribution in [3.8, 4) is 0 Å². The average molecular weight is 256 g/mol. The number of hydrogen-bond acceptors (Lipinski definition) is 2. The normalized spacial score (nSPS) is 10.9. The minimum atomic E-state index is 0.0349. The summed E-state index contributed by atoms with van der Waals surface area (Å²) in [5.41, 5.74) is 2.98. The second-order valence-corrected chi connectivity index (χ2v) is 5.37. The monoisotopic (exact) mass is 256 g/mol. The van der Waals surface area contributed by atoms with E-state index in [4.69, 9.17) is 0 Å². The average Bonchev–Trinajstić information content (AvgIpc) is 2.36. The van der Waals surface area contributed by atoms with E-state index >= 15 is 0 Å². The van der Waals surface area contributed by atoms with Crippen LogP contribution >= 0.6 is 0 Å². The van der Waals surface area contributed by atoms with Crippen LogP contribution in [0, 0.1) is 12.8 Å². The molecule has 0 aliphatic heterocycles. The number of amides is 1. The first kappa shape index (κ1) is 13.5. The number of nitrogens with zero attached hydrogens (tertiary/aromatic N) is 1. The predicted octanol–water partition coefficient (Wildman–Crippen LogP) is 2.86. The third kappa shape index (κ3) is 3.78. The number of fused-ring (bicyclic) bond motifs is 1. The number of nitrogens with one attached hydrogen (secondary N) is 1. The summed E-state index contributed by atoms with van der Waals surface area (Å²) in [5, 5.41) is 4.03. The Kier molecular flexibility index (Phi) is 4.15. The van der Waals surface area contributed by atoms with Crippen molar-refractivity contribution >= 4 is 16.8 Å². The summed E-state index contributed by atoms with van der Waals surface area (Å²) in [4.78, 5) is 16.3. The third-order valence-corrected chi connectivity index (χ3v) is 2.95. The minimum Gasteiger partial charge on any atom is -0.356 e. The molecule has 0 aliphatic carbocycles. The Morgan fingerprint density at radius 1 is 1.26 bits per heavy atom. The predicted molar refractivity (Wildman–Crippen MR) is 78.0 cm³/mol. The summed E-state index contributed by atoms with van der Waals surface area (Å²) in [6, 6.07) is 10.1. The summed E-state index contributed by atoms with van der Waals surface area (Å²) < 4.78 is 0. The molecule has 0 saturated carbocycles. The zero-order chi connectivity index (χ0) is 13.8. The van der Waals surface area contributed by atoms with Gasteiger partial charge in [-0.3, -0.25) is 9.78 Å². The van der Waals surface area contributed by atoms with Gasteiger partial charge in [0.1, 0.15) is 0 Å². The van der Waals surface area contributed by atoms with Crippen molar-refractivity contribution in [2.24, 2.45) is 5.92 Å². The zero-order valence-corrected chi connectivity index (χ0v) is 11.7. The summed E-state index contributed by atoms with van der Waals surface area (Å²) in [5.74, 6) is 0.504. The maximum absolute atomic E-state index is 11.8. The molecule has 3 heteroatoms. The fourth-order valence-electron chi connectivity index (χ4n) is 1.93. The van der Waals surface area contributed by atoms with Crippen molar-refractivity contribution in [1.82, 2.24) is 10.3 Å². The van der Waals surface area contributed by atoms with Gasteiger partial charge < -0.3 is 5.32 Å². The molecule has 0 bridgehead atoms. The molecule has 0 fully saturated rings. The number of rotatable bonds is 4. The van der Waals surface area contributed by atoms with Gasteiger partial charge in [0.15, 0.2) is 0 Å². The number of benzene rings is 1. The molecule has 2 rings (SSSR count). The van der Waals surface area contributed by atoms with Gasteiger partial charge in [0.05, 0.1) is 17.6 Å². The Morgan fingerprint density at radius 3 is 2.79 bits per heavy atom. The van der Waals surface area contributed by atoms with E-state index in [9.17, 15) is 4.79 Å². The molecule has 0 aliphatic rings. The Morgan fingerprint density at radius 2 is 2.05 bits per heavy atom. The molecule has 2 aromatic rings. The van der Waals surface area contributed by atoms with Gasteiger partial charge in [-0.15, -0.1) is 0 Å². The first-order valence-electron chi connectivity index (χ1n) is 6.67. The largest absolute Gasteiger partial charge is 0.356 e. The number of aryl methyl sites for hydroxylation is 1. The fourth-order valence-corrected chi connectivity index (χ4v) is 1.93. The van der Waals surface area contributed by atoms with Crippen molar-refractivity contribution in [2.45, 2.75) is 27.2 Å². The topological polar surface area (TPSA) is 42.0 Å². The molecular formula is C16H20N2O. The van der Waals surface area contributed by atoms with Gasteiger partial charge >= 0.3 is 0 Å². The second-order valence-electron chi connectivity index (χ2n) is 5.37. The van der Waals surface area contributed by atoms with Crippen LogP contribution < -0.4 is 5.32 Å². The minimum absolute atomic E-state index is 0.0349. The molecule has 19 heavy (non-hydrogen) atoms. The van der Waals surface area contributed by atoms with E-state index < -0.39 is 0 Å². The lowest BCUT2D eigenvalue weighted by molar-refractivity contribution is -0.120. The molecule has 0 unspecified atom stereocenters. The zero-order valence-electron chi connectivity index (χ0n) is 11.7. The lowest BCUT2D eigenvalue weighted by Gasteiger charge is -2.08. The van der Waals surface area contributed by atoms with Crippen molar-refractivity contribution in [1.29, 1.82) is 0 Å². The first-order valence-corrected chi connectivity index (χ1v) is 6.67. The van der Waals surface area contributed by atoms with Gasteiger partial charge in [-0.05, 0) is 31.0 Å². The van der Waals surface area contributed by atoms with Crippen LogP contribution in [-0.2, 0) is 11.2 Å². The summed E-state index contributed by atoms with van der Waals surface area (Å²) in [6.07, 6.45) is 0.344. The third-order valence-electron chi connectivity index (χ3n) is 2.95. The van der Waals surface area contributed by atoms with Crippen LogP contribution in [0.5, 0.6) is 0 Å². The van der Waals surface area contributed by atoms with Crippen LogP contribution in [0.3, 0.4) is 0 Å². The van der Waals surface area contributed by atoms with Gasteiger partial charge in [-0.1, -0.05) is 31.5 Å². The van der Waals surface area contributed by atoms with Gasteiger partial charge in [0.25, 0.3) is 0 Å². The number of hydrogen-bond donors (Lipinski definition) is 1. The highest BCUT2D eigenvalue weighted by atomic mass is 16.1. The van der Waals surface area contributed by atoms with Crippen molar-refractivity contribution in [3.05, 3.63) is 41.6 Å². The van der Waals surface area contributed by atoms with E-state index in [1.165, 1.54) is 5.56 Å². The molecule has 0 radical (unpaired) electrons. The number of carbonyl (C=O) groups is 1. The molecule has 100 valence electrons. The van der Waals surface area contributed by atoms with E-state index in [-0.39, 0.29) is 5.91 Å². The van der Waals surface area contributed by atoms with E-state index in [0.717, 1.165) is 16.6 Å². The number of carbonyl (C=O) groups excluding carboxylic acids is 1. The quantitative estimate of drug-likeness (QED) is 0.914. The molecule has 0 atom stereocenters. The van der Waals surface area contributed by atoms with E-state index in [0.29, 0.717) is 18.9 Å². The second kappa shape index (κ2) is 5.83. The summed E-state index contributed by atoms with van der Waals surface area (Å²) in [6.45, 7) is 6.94.